The minimum atomic E-state index is -0.576. The Morgan fingerprint density at radius 1 is 0.833 bits per heavy atom. The first-order valence-electron chi connectivity index (χ1n) is 9.62. The lowest BCUT2D eigenvalue weighted by Crippen LogP contribution is -2.16. The average Bonchev–Trinajstić information content (AvgIpc) is 3.12. The van der Waals surface area contributed by atoms with Crippen LogP contribution < -0.4 is 10.6 Å². The molecule has 0 bridgehead atoms. The third kappa shape index (κ3) is 3.80. The van der Waals surface area contributed by atoms with E-state index in [4.69, 9.17) is 0 Å². The molecule has 5 nitrogen and oxygen atoms in total. The maximum atomic E-state index is 13.9. The van der Waals surface area contributed by atoms with Crippen molar-refractivity contribution in [1.29, 1.82) is 0 Å². The zero-order valence-corrected chi connectivity index (χ0v) is 16.4. The van der Waals surface area contributed by atoms with Gasteiger partial charge in [0.1, 0.15) is 11.5 Å². The summed E-state index contributed by atoms with van der Waals surface area (Å²) in [5.41, 5.74) is 2.62. The van der Waals surface area contributed by atoms with Crippen LogP contribution in [0.1, 0.15) is 27.8 Å². The highest BCUT2D eigenvalue weighted by Gasteiger charge is 2.16. The van der Waals surface area contributed by atoms with Crippen LogP contribution in [-0.2, 0) is 6.54 Å². The van der Waals surface area contributed by atoms with Crippen LogP contribution in [0.15, 0.2) is 78.9 Å². The summed E-state index contributed by atoms with van der Waals surface area (Å²) in [6, 6.07) is 22.2. The predicted molar refractivity (Wildman–Crippen MR) is 116 cm³/mol. The maximum Gasteiger partial charge on any atom is 0.272 e. The fourth-order valence-electron chi connectivity index (χ4n) is 3.44. The van der Waals surface area contributed by atoms with Crippen molar-refractivity contribution >= 4 is 34.1 Å². The molecule has 4 rings (SSSR count). The number of halogens is 1. The predicted octanol–water partition coefficient (Wildman–Crippen LogP) is 5.30. The molecule has 0 saturated heterocycles. The summed E-state index contributed by atoms with van der Waals surface area (Å²) >= 11 is 0. The van der Waals surface area contributed by atoms with E-state index in [1.54, 1.807) is 24.3 Å². The maximum absolute atomic E-state index is 13.9. The molecule has 0 aliphatic carbocycles. The van der Waals surface area contributed by atoms with Gasteiger partial charge in [0.25, 0.3) is 11.8 Å². The molecule has 0 spiro atoms. The molecule has 0 fully saturated rings. The van der Waals surface area contributed by atoms with Crippen LogP contribution in [-0.4, -0.2) is 16.4 Å². The van der Waals surface area contributed by atoms with Crippen LogP contribution in [0.25, 0.3) is 10.9 Å². The van der Waals surface area contributed by atoms with Crippen molar-refractivity contribution in [3.05, 3.63) is 95.9 Å². The summed E-state index contributed by atoms with van der Waals surface area (Å²) in [4.78, 5) is 25.2. The lowest BCUT2D eigenvalue weighted by molar-refractivity contribution is 0.101. The Morgan fingerprint density at radius 3 is 2.27 bits per heavy atom. The number of nitrogens with zero attached hydrogens (tertiary/aromatic N) is 1. The number of aryl methyl sites for hydroxylation is 1. The Bertz CT molecular complexity index is 1230. The lowest BCUT2D eigenvalue weighted by atomic mass is 10.2. The number of benzene rings is 3. The minimum absolute atomic E-state index is 0.0216. The Labute approximate surface area is 173 Å². The van der Waals surface area contributed by atoms with E-state index in [0.717, 1.165) is 10.9 Å². The summed E-state index contributed by atoms with van der Waals surface area (Å²) in [6.45, 7) is 2.58. The number of anilines is 2. The van der Waals surface area contributed by atoms with Gasteiger partial charge in [0.15, 0.2) is 0 Å². The van der Waals surface area contributed by atoms with Gasteiger partial charge in [-0.2, -0.15) is 0 Å². The fourth-order valence-corrected chi connectivity index (χ4v) is 3.44. The third-order valence-electron chi connectivity index (χ3n) is 4.86. The van der Waals surface area contributed by atoms with Gasteiger partial charge in [-0.3, -0.25) is 9.59 Å². The van der Waals surface area contributed by atoms with E-state index in [9.17, 15) is 14.0 Å². The zero-order chi connectivity index (χ0) is 21.1. The number of para-hydroxylation sites is 1. The molecular formula is C24H20FN3O2. The van der Waals surface area contributed by atoms with Crippen LogP contribution in [0.4, 0.5) is 15.8 Å². The van der Waals surface area contributed by atoms with Crippen molar-refractivity contribution in [2.24, 2.45) is 0 Å². The highest BCUT2D eigenvalue weighted by atomic mass is 19.1. The van der Waals surface area contributed by atoms with Crippen molar-refractivity contribution in [2.45, 2.75) is 13.5 Å². The molecule has 30 heavy (non-hydrogen) atoms. The van der Waals surface area contributed by atoms with E-state index in [1.165, 1.54) is 18.2 Å². The number of carbonyl (C=O) groups is 2. The van der Waals surface area contributed by atoms with Crippen molar-refractivity contribution < 1.29 is 14.0 Å². The smallest absolute Gasteiger partial charge is 0.272 e. The first-order chi connectivity index (χ1) is 14.6. The molecule has 6 heteroatoms. The van der Waals surface area contributed by atoms with Crippen LogP contribution in [0.3, 0.4) is 0 Å². The summed E-state index contributed by atoms with van der Waals surface area (Å²) in [5.74, 6) is -1.31. The van der Waals surface area contributed by atoms with Crippen molar-refractivity contribution in [2.75, 3.05) is 10.6 Å². The van der Waals surface area contributed by atoms with Gasteiger partial charge in [0, 0.05) is 28.8 Å². The van der Waals surface area contributed by atoms with E-state index in [1.807, 2.05) is 47.9 Å². The molecule has 4 aromatic rings. The average molecular weight is 401 g/mol. The van der Waals surface area contributed by atoms with Gasteiger partial charge < -0.3 is 15.2 Å². The Hall–Kier alpha value is -3.93. The molecule has 0 unspecified atom stereocenters. The Kier molecular flexibility index (Phi) is 5.30. The number of aromatic nitrogens is 1. The molecule has 2 amide bonds. The number of nitrogens with one attached hydrogen (secondary N) is 2. The van der Waals surface area contributed by atoms with Crippen molar-refractivity contribution in [3.63, 3.8) is 0 Å². The number of hydrogen-bond acceptors (Lipinski definition) is 2. The van der Waals surface area contributed by atoms with Gasteiger partial charge in [0.05, 0.1) is 5.56 Å². The summed E-state index contributed by atoms with van der Waals surface area (Å²) in [5, 5.41) is 6.42. The van der Waals surface area contributed by atoms with E-state index in [2.05, 4.69) is 10.6 Å². The second-order valence-electron chi connectivity index (χ2n) is 6.80. The third-order valence-corrected chi connectivity index (χ3v) is 4.86. The summed E-state index contributed by atoms with van der Waals surface area (Å²) in [6.07, 6.45) is 0. The molecule has 150 valence electrons. The molecule has 1 aromatic heterocycles. The topological polar surface area (TPSA) is 63.1 Å². The molecule has 0 atom stereocenters. The summed E-state index contributed by atoms with van der Waals surface area (Å²) in [7, 11) is 0. The van der Waals surface area contributed by atoms with Crippen molar-refractivity contribution in [1.82, 2.24) is 4.57 Å². The molecule has 1 heterocycles. The van der Waals surface area contributed by atoms with E-state index in [0.29, 0.717) is 23.6 Å². The number of fused-ring (bicyclic) bond motifs is 1. The first kappa shape index (κ1) is 19.4. The van der Waals surface area contributed by atoms with Crippen LogP contribution >= 0.6 is 0 Å². The number of carbonyl (C=O) groups excluding carboxylic acids is 2. The lowest BCUT2D eigenvalue weighted by Gasteiger charge is -2.09. The van der Waals surface area contributed by atoms with Gasteiger partial charge in [-0.1, -0.05) is 30.3 Å². The quantitative estimate of drug-likeness (QED) is 0.476. The van der Waals surface area contributed by atoms with Gasteiger partial charge in [0.2, 0.25) is 0 Å². The van der Waals surface area contributed by atoms with Crippen molar-refractivity contribution in [3.8, 4) is 0 Å². The molecule has 0 radical (unpaired) electrons. The second kappa shape index (κ2) is 8.21. The number of hydrogen-bond donors (Lipinski definition) is 2. The van der Waals surface area contributed by atoms with Gasteiger partial charge in [-0.25, -0.2) is 4.39 Å². The first-order valence-corrected chi connectivity index (χ1v) is 9.62. The van der Waals surface area contributed by atoms with Gasteiger partial charge in [-0.15, -0.1) is 0 Å². The normalized spacial score (nSPS) is 10.7. The summed E-state index contributed by atoms with van der Waals surface area (Å²) < 4.78 is 15.8. The molecule has 3 aromatic carbocycles. The Balaban J connectivity index is 1.62. The highest BCUT2D eigenvalue weighted by Crippen LogP contribution is 2.25. The van der Waals surface area contributed by atoms with Crippen LogP contribution in [0, 0.1) is 5.82 Å². The molecule has 0 saturated carbocycles. The number of rotatable bonds is 5. The number of amides is 2. The van der Waals surface area contributed by atoms with E-state index >= 15 is 0 Å². The van der Waals surface area contributed by atoms with Crippen LogP contribution in [0.5, 0.6) is 0 Å². The molecule has 2 N–H and O–H groups in total. The molecule has 0 aliphatic heterocycles. The highest BCUT2D eigenvalue weighted by molar-refractivity contribution is 6.08. The minimum Gasteiger partial charge on any atom is -0.337 e. The molecule has 0 aliphatic rings. The van der Waals surface area contributed by atoms with E-state index in [-0.39, 0.29) is 11.5 Å². The monoisotopic (exact) mass is 401 g/mol. The van der Waals surface area contributed by atoms with E-state index < -0.39 is 11.7 Å². The Morgan fingerprint density at radius 2 is 1.53 bits per heavy atom. The SMILES string of the molecule is CCn1c(C(=O)Nc2ccccc2)cc2cc(NC(=O)c3ccccc3F)ccc21. The van der Waals surface area contributed by atoms with Gasteiger partial charge in [-0.05, 0) is 55.5 Å². The van der Waals surface area contributed by atoms with Crippen LogP contribution in [0.2, 0.25) is 0 Å². The molecular weight excluding hydrogens is 381 g/mol. The fraction of sp³-hybridized carbons (Fsp3) is 0.0833. The largest absolute Gasteiger partial charge is 0.337 e. The van der Waals surface area contributed by atoms with Gasteiger partial charge >= 0.3 is 0 Å². The standard InChI is InChI=1S/C24H20FN3O2/c1-2-28-21-13-12-18(27-23(29)19-10-6-7-11-20(19)25)14-16(21)15-22(28)24(30)26-17-8-4-3-5-9-17/h3-15H,2H2,1H3,(H,26,30)(H,27,29). The zero-order valence-electron chi connectivity index (χ0n) is 16.4. The second-order valence-corrected chi connectivity index (χ2v) is 6.80.